The topological polar surface area (TPSA) is 46.6 Å². The lowest BCUT2D eigenvalue weighted by Crippen LogP contribution is -2.42. The summed E-state index contributed by atoms with van der Waals surface area (Å²) in [4.78, 5) is 7.23. The average Bonchev–Trinajstić information content (AvgIpc) is 3.18. The van der Waals surface area contributed by atoms with Gasteiger partial charge in [-0.2, -0.15) is 0 Å². The molecule has 152 valence electrons. The molecule has 1 fully saturated rings. The molecule has 5 rings (SSSR count). The van der Waals surface area contributed by atoms with Gasteiger partial charge in [-0.05, 0) is 49.6 Å². The van der Waals surface area contributed by atoms with Crippen LogP contribution in [0.25, 0.3) is 10.2 Å². The third-order valence-corrected chi connectivity index (χ3v) is 6.93. The Bertz CT molecular complexity index is 954. The monoisotopic (exact) mass is 429 g/mol. The molecule has 1 aromatic heterocycles. The Kier molecular flexibility index (Phi) is 5.48. The van der Waals surface area contributed by atoms with Crippen LogP contribution in [-0.2, 0) is 0 Å². The standard InChI is InChI=1S/C22H24ClN3O2S/c23-16-5-6-19-20(11-16)28-17(14-27-19)13-24-12-15-7-9-26(10-8-15)22-25-18-3-1-2-4-21(18)29-22/h1-6,11,15,17,24H,7-10,12-14H2. The number of piperidine rings is 1. The summed E-state index contributed by atoms with van der Waals surface area (Å²) in [5, 5.41) is 5.40. The molecule has 3 heterocycles. The van der Waals surface area contributed by atoms with Crippen LogP contribution in [0.2, 0.25) is 5.02 Å². The average molecular weight is 430 g/mol. The van der Waals surface area contributed by atoms with Gasteiger partial charge in [-0.25, -0.2) is 4.98 Å². The number of hydrogen-bond acceptors (Lipinski definition) is 6. The number of aromatic nitrogens is 1. The van der Waals surface area contributed by atoms with Crippen molar-refractivity contribution < 1.29 is 9.47 Å². The van der Waals surface area contributed by atoms with Crippen molar-refractivity contribution in [3.8, 4) is 11.5 Å². The van der Waals surface area contributed by atoms with Crippen LogP contribution >= 0.6 is 22.9 Å². The van der Waals surface area contributed by atoms with Crippen LogP contribution in [0.5, 0.6) is 11.5 Å². The first-order valence-corrected chi connectivity index (χ1v) is 11.3. The zero-order chi connectivity index (χ0) is 19.6. The van der Waals surface area contributed by atoms with Crippen LogP contribution < -0.4 is 19.7 Å². The van der Waals surface area contributed by atoms with Crippen molar-refractivity contribution in [2.45, 2.75) is 18.9 Å². The molecular weight excluding hydrogens is 406 g/mol. The number of anilines is 1. The summed E-state index contributed by atoms with van der Waals surface area (Å²) >= 11 is 7.85. The van der Waals surface area contributed by atoms with Gasteiger partial charge in [0.15, 0.2) is 16.6 Å². The van der Waals surface area contributed by atoms with E-state index >= 15 is 0 Å². The van der Waals surface area contributed by atoms with E-state index in [0.717, 1.165) is 48.3 Å². The Balaban J connectivity index is 1.08. The van der Waals surface area contributed by atoms with E-state index in [-0.39, 0.29) is 6.10 Å². The molecule has 2 aliphatic heterocycles. The van der Waals surface area contributed by atoms with Gasteiger partial charge in [0.2, 0.25) is 0 Å². The molecule has 29 heavy (non-hydrogen) atoms. The zero-order valence-electron chi connectivity index (χ0n) is 16.1. The number of nitrogens with one attached hydrogen (secondary N) is 1. The highest BCUT2D eigenvalue weighted by atomic mass is 35.5. The molecule has 1 unspecified atom stereocenters. The lowest BCUT2D eigenvalue weighted by atomic mass is 9.97. The van der Waals surface area contributed by atoms with Crippen LogP contribution in [0.3, 0.4) is 0 Å². The van der Waals surface area contributed by atoms with Gasteiger partial charge in [-0.1, -0.05) is 35.1 Å². The van der Waals surface area contributed by atoms with E-state index in [0.29, 0.717) is 17.5 Å². The maximum absolute atomic E-state index is 6.05. The van der Waals surface area contributed by atoms with E-state index in [9.17, 15) is 0 Å². The predicted molar refractivity (Wildman–Crippen MR) is 119 cm³/mol. The molecule has 3 aromatic rings. The maximum Gasteiger partial charge on any atom is 0.186 e. The summed E-state index contributed by atoms with van der Waals surface area (Å²) in [7, 11) is 0. The Morgan fingerprint density at radius 1 is 1.10 bits per heavy atom. The largest absolute Gasteiger partial charge is 0.486 e. The summed E-state index contributed by atoms with van der Waals surface area (Å²) in [6.45, 7) is 4.50. The SMILES string of the molecule is Clc1ccc2c(c1)OC(CNCC1CCN(c3nc4ccccc4s3)CC1)CO2. The normalized spacial score (nSPS) is 19.6. The molecule has 2 aromatic carbocycles. The molecule has 0 radical (unpaired) electrons. The Hall–Kier alpha value is -2.02. The van der Waals surface area contributed by atoms with Crippen LogP contribution in [0.1, 0.15) is 12.8 Å². The molecule has 0 spiro atoms. The van der Waals surface area contributed by atoms with Gasteiger partial charge in [-0.15, -0.1) is 0 Å². The highest BCUT2D eigenvalue weighted by Crippen LogP contribution is 2.34. The molecular formula is C22H24ClN3O2S. The van der Waals surface area contributed by atoms with Crippen LogP contribution in [-0.4, -0.2) is 43.9 Å². The van der Waals surface area contributed by atoms with Crippen molar-refractivity contribution in [1.29, 1.82) is 0 Å². The molecule has 5 nitrogen and oxygen atoms in total. The van der Waals surface area contributed by atoms with E-state index in [1.54, 1.807) is 11.3 Å². The number of halogens is 1. The minimum absolute atomic E-state index is 0.0174. The van der Waals surface area contributed by atoms with Gasteiger partial charge < -0.3 is 19.7 Å². The van der Waals surface area contributed by atoms with Crippen LogP contribution in [0.15, 0.2) is 42.5 Å². The third kappa shape index (κ3) is 4.29. The Morgan fingerprint density at radius 3 is 2.83 bits per heavy atom. The second kappa shape index (κ2) is 8.38. The van der Waals surface area contributed by atoms with Crippen molar-refractivity contribution in [3.05, 3.63) is 47.5 Å². The first-order valence-electron chi connectivity index (χ1n) is 10.1. The third-order valence-electron chi connectivity index (χ3n) is 5.60. The number of ether oxygens (including phenoxy) is 2. The number of para-hydroxylation sites is 1. The van der Waals surface area contributed by atoms with Gasteiger partial charge in [0.05, 0.1) is 10.2 Å². The molecule has 1 N–H and O–H groups in total. The fourth-order valence-corrected chi connectivity index (χ4v) is 5.14. The molecule has 1 atom stereocenters. The molecule has 0 aliphatic carbocycles. The summed E-state index contributed by atoms with van der Waals surface area (Å²) in [5.74, 6) is 2.19. The van der Waals surface area contributed by atoms with Crippen LogP contribution in [0.4, 0.5) is 5.13 Å². The minimum atomic E-state index is 0.0174. The molecule has 0 bridgehead atoms. The molecule has 7 heteroatoms. The number of rotatable bonds is 5. The summed E-state index contributed by atoms with van der Waals surface area (Å²) < 4.78 is 13.1. The summed E-state index contributed by atoms with van der Waals surface area (Å²) in [5.41, 5.74) is 1.11. The molecule has 1 saturated heterocycles. The number of benzene rings is 2. The highest BCUT2D eigenvalue weighted by Gasteiger charge is 2.24. The summed E-state index contributed by atoms with van der Waals surface area (Å²) in [6, 6.07) is 13.9. The summed E-state index contributed by atoms with van der Waals surface area (Å²) in [6.07, 6.45) is 2.39. The van der Waals surface area contributed by atoms with Crippen molar-refractivity contribution in [1.82, 2.24) is 10.3 Å². The van der Waals surface area contributed by atoms with E-state index in [4.69, 9.17) is 26.1 Å². The lowest BCUT2D eigenvalue weighted by molar-refractivity contribution is 0.0894. The van der Waals surface area contributed by atoms with Gasteiger partial charge >= 0.3 is 0 Å². The quantitative estimate of drug-likeness (QED) is 0.642. The van der Waals surface area contributed by atoms with E-state index in [1.807, 2.05) is 18.2 Å². The lowest BCUT2D eigenvalue weighted by Gasteiger charge is -2.32. The molecule has 0 amide bonds. The zero-order valence-corrected chi connectivity index (χ0v) is 17.7. The molecule has 2 aliphatic rings. The van der Waals surface area contributed by atoms with Gasteiger partial charge in [0.25, 0.3) is 0 Å². The van der Waals surface area contributed by atoms with E-state index in [1.165, 1.54) is 17.5 Å². The van der Waals surface area contributed by atoms with Gasteiger partial charge in [-0.3, -0.25) is 0 Å². The number of fused-ring (bicyclic) bond motifs is 2. The fraction of sp³-hybridized carbons (Fsp3) is 0.409. The Morgan fingerprint density at radius 2 is 1.97 bits per heavy atom. The fourth-order valence-electron chi connectivity index (χ4n) is 3.96. The number of thiazole rings is 1. The number of hydrogen-bond donors (Lipinski definition) is 1. The first-order chi connectivity index (χ1) is 14.2. The smallest absolute Gasteiger partial charge is 0.186 e. The van der Waals surface area contributed by atoms with Crippen molar-refractivity contribution >= 4 is 38.3 Å². The predicted octanol–water partition coefficient (Wildman–Crippen LogP) is 4.60. The minimum Gasteiger partial charge on any atom is -0.486 e. The molecule has 0 saturated carbocycles. The van der Waals surface area contributed by atoms with Crippen molar-refractivity contribution in [2.24, 2.45) is 5.92 Å². The highest BCUT2D eigenvalue weighted by molar-refractivity contribution is 7.22. The second-order valence-electron chi connectivity index (χ2n) is 7.69. The van der Waals surface area contributed by atoms with E-state index < -0.39 is 0 Å². The van der Waals surface area contributed by atoms with Gasteiger partial charge in [0, 0.05) is 30.7 Å². The number of nitrogens with zero attached hydrogens (tertiary/aromatic N) is 2. The van der Waals surface area contributed by atoms with Crippen molar-refractivity contribution in [3.63, 3.8) is 0 Å². The Labute approximate surface area is 179 Å². The van der Waals surface area contributed by atoms with Gasteiger partial charge in [0.1, 0.15) is 12.7 Å². The first kappa shape index (κ1) is 19.0. The maximum atomic E-state index is 6.05. The van der Waals surface area contributed by atoms with Crippen LogP contribution in [0, 0.1) is 5.92 Å². The van der Waals surface area contributed by atoms with E-state index in [2.05, 4.69) is 34.5 Å². The second-order valence-corrected chi connectivity index (χ2v) is 9.14. The van der Waals surface area contributed by atoms with Crippen molar-refractivity contribution in [2.75, 3.05) is 37.7 Å².